The molecule has 0 aliphatic heterocycles. The van der Waals surface area contributed by atoms with Crippen molar-refractivity contribution in [2.45, 2.75) is 18.0 Å². The zero-order chi connectivity index (χ0) is 30.3. The van der Waals surface area contributed by atoms with Crippen LogP contribution in [0.4, 0.5) is 10.3 Å². The van der Waals surface area contributed by atoms with Gasteiger partial charge in [-0.2, -0.15) is 0 Å². The van der Waals surface area contributed by atoms with Crippen molar-refractivity contribution in [3.05, 3.63) is 52.4 Å². The van der Waals surface area contributed by atoms with Gasteiger partial charge in [-0.15, -0.1) is 10.2 Å². The Hall–Kier alpha value is -4.61. The molecule has 0 unspecified atom stereocenters. The Kier molecular flexibility index (Phi) is 9.43. The molecule has 2 amide bonds. The van der Waals surface area contributed by atoms with Gasteiger partial charge in [0.1, 0.15) is 17.2 Å². The van der Waals surface area contributed by atoms with Gasteiger partial charge < -0.3 is 19.5 Å². The topological polar surface area (TPSA) is 187 Å². The smallest absolute Gasteiger partial charge is 0.306 e. The summed E-state index contributed by atoms with van der Waals surface area (Å²) in [5.41, 5.74) is 0.905. The van der Waals surface area contributed by atoms with Crippen LogP contribution in [0.25, 0.3) is 20.4 Å². The maximum absolute atomic E-state index is 12.4. The number of nitrogens with zero attached hydrogens (tertiary/aromatic N) is 4. The number of ether oxygens (including phenoxy) is 3. The van der Waals surface area contributed by atoms with Crippen molar-refractivity contribution in [1.29, 1.82) is 0 Å². The Bertz CT molecular complexity index is 1870. The molecule has 5 rings (SSSR count). The fraction of sp³-hybridized carbons (Fsp3) is 0.231. The first kappa shape index (κ1) is 29.9. The van der Waals surface area contributed by atoms with Gasteiger partial charge in [0, 0.05) is 6.42 Å². The fourth-order valence-corrected chi connectivity index (χ4v) is 6.05. The summed E-state index contributed by atoms with van der Waals surface area (Å²) in [6.07, 6.45) is -0.231. The molecule has 0 radical (unpaired) electrons. The molecule has 17 heteroatoms. The van der Waals surface area contributed by atoms with E-state index in [1.807, 2.05) is 6.07 Å². The molecule has 0 aliphatic carbocycles. The molecule has 43 heavy (non-hydrogen) atoms. The van der Waals surface area contributed by atoms with E-state index in [1.54, 1.807) is 44.6 Å². The van der Waals surface area contributed by atoms with Crippen LogP contribution in [0.15, 0.2) is 46.3 Å². The number of aryl methyl sites for hydroxylation is 1. The number of aromatic amines is 1. The molecule has 222 valence electrons. The van der Waals surface area contributed by atoms with Crippen LogP contribution in [-0.2, 0) is 25.5 Å². The van der Waals surface area contributed by atoms with Gasteiger partial charge >= 0.3 is 5.97 Å². The van der Waals surface area contributed by atoms with Gasteiger partial charge in [0.15, 0.2) is 22.0 Å². The molecule has 0 fully saturated rings. The third kappa shape index (κ3) is 7.82. The SMILES string of the molecule is COc1ccc2nc(NC(=O)COC(=O)CCc3nnc(SCC(=O)Nc4nc5ccc(OC)cc5s4)[nH]c3=O)sc2c1. The summed E-state index contributed by atoms with van der Waals surface area (Å²) in [7, 11) is 3.13. The largest absolute Gasteiger partial charge is 0.497 e. The van der Waals surface area contributed by atoms with Crippen molar-refractivity contribution in [3.8, 4) is 11.5 Å². The van der Waals surface area contributed by atoms with Gasteiger partial charge in [0.2, 0.25) is 5.91 Å². The quantitative estimate of drug-likeness (QED) is 0.134. The maximum Gasteiger partial charge on any atom is 0.306 e. The van der Waals surface area contributed by atoms with Crippen molar-refractivity contribution in [3.63, 3.8) is 0 Å². The molecule has 0 bridgehead atoms. The normalized spacial score (nSPS) is 10.9. The van der Waals surface area contributed by atoms with Crippen LogP contribution in [-0.4, -0.2) is 69.5 Å². The predicted octanol–water partition coefficient (Wildman–Crippen LogP) is 3.25. The van der Waals surface area contributed by atoms with E-state index in [0.29, 0.717) is 27.3 Å². The van der Waals surface area contributed by atoms with Gasteiger partial charge in [-0.25, -0.2) is 9.97 Å². The van der Waals surface area contributed by atoms with Gasteiger partial charge in [0.05, 0.1) is 46.8 Å². The zero-order valence-electron chi connectivity index (χ0n) is 22.7. The monoisotopic (exact) mass is 641 g/mol. The predicted molar refractivity (Wildman–Crippen MR) is 162 cm³/mol. The Balaban J connectivity index is 1.04. The van der Waals surface area contributed by atoms with Gasteiger partial charge in [-0.05, 0) is 36.4 Å². The molecule has 0 spiro atoms. The average molecular weight is 642 g/mol. The Morgan fingerprint density at radius 3 is 2.07 bits per heavy atom. The summed E-state index contributed by atoms with van der Waals surface area (Å²) in [5.74, 6) is -0.245. The van der Waals surface area contributed by atoms with E-state index in [1.165, 1.54) is 22.7 Å². The molecule has 3 aromatic heterocycles. The van der Waals surface area contributed by atoms with Gasteiger partial charge in [-0.1, -0.05) is 34.4 Å². The number of rotatable bonds is 12. The van der Waals surface area contributed by atoms with E-state index in [0.717, 1.165) is 26.7 Å². The van der Waals surface area contributed by atoms with Gasteiger partial charge in [0.25, 0.3) is 11.5 Å². The second-order valence-electron chi connectivity index (χ2n) is 8.66. The third-order valence-corrected chi connectivity index (χ3v) is 8.43. The van der Waals surface area contributed by atoms with Crippen LogP contribution in [0.5, 0.6) is 11.5 Å². The average Bonchev–Trinajstić information content (AvgIpc) is 3.59. The number of hydrogen-bond donors (Lipinski definition) is 3. The maximum atomic E-state index is 12.4. The highest BCUT2D eigenvalue weighted by Gasteiger charge is 2.15. The lowest BCUT2D eigenvalue weighted by atomic mass is 10.2. The van der Waals surface area contributed by atoms with Crippen LogP contribution in [0.1, 0.15) is 12.1 Å². The van der Waals surface area contributed by atoms with Crippen LogP contribution in [0, 0.1) is 0 Å². The molecule has 0 aliphatic rings. The van der Waals surface area contributed by atoms with E-state index in [2.05, 4.69) is 35.8 Å². The van der Waals surface area contributed by atoms with Crippen molar-refractivity contribution in [1.82, 2.24) is 25.1 Å². The number of amides is 2. The number of carbonyl (C=O) groups is 3. The van der Waals surface area contributed by atoms with Gasteiger partial charge in [-0.3, -0.25) is 29.5 Å². The molecule has 0 saturated heterocycles. The number of aromatic nitrogens is 5. The highest BCUT2D eigenvalue weighted by atomic mass is 32.2. The Morgan fingerprint density at radius 1 is 0.884 bits per heavy atom. The Morgan fingerprint density at radius 2 is 1.49 bits per heavy atom. The molecule has 0 atom stereocenters. The molecular formula is C26H23N7O7S3. The van der Waals surface area contributed by atoms with E-state index in [9.17, 15) is 19.2 Å². The minimum absolute atomic E-state index is 0.0185. The number of fused-ring (bicyclic) bond motifs is 2. The van der Waals surface area contributed by atoms with Crippen molar-refractivity contribution in [2.75, 3.05) is 37.2 Å². The number of benzene rings is 2. The van der Waals surface area contributed by atoms with E-state index in [4.69, 9.17) is 14.2 Å². The van der Waals surface area contributed by atoms with Crippen LogP contribution in [0.2, 0.25) is 0 Å². The van der Waals surface area contributed by atoms with Crippen LogP contribution < -0.4 is 25.7 Å². The number of hydrogen-bond acceptors (Lipinski definition) is 14. The summed E-state index contributed by atoms with van der Waals surface area (Å²) in [6, 6.07) is 10.8. The third-order valence-electron chi connectivity index (χ3n) is 5.70. The highest BCUT2D eigenvalue weighted by molar-refractivity contribution is 7.99. The molecule has 3 N–H and O–H groups in total. The number of carbonyl (C=O) groups excluding carboxylic acids is 3. The van der Waals surface area contributed by atoms with Crippen LogP contribution >= 0.6 is 34.4 Å². The molecular weight excluding hydrogens is 619 g/mol. The lowest BCUT2D eigenvalue weighted by Crippen LogP contribution is -2.22. The van der Waals surface area contributed by atoms with Crippen molar-refractivity contribution >= 4 is 82.9 Å². The molecule has 3 heterocycles. The standard InChI is InChI=1S/C26H23N7O7S3/c1-38-13-3-5-15-18(9-13)42-24(27-15)29-20(34)11-40-22(36)8-7-17-23(37)31-26(33-32-17)41-12-21(35)30-25-28-16-6-4-14(39-2)10-19(16)43-25/h3-6,9-10H,7-8,11-12H2,1-2H3,(H,27,29,34)(H,28,30,35)(H,31,33,37). The van der Waals surface area contributed by atoms with Crippen molar-refractivity contribution in [2.24, 2.45) is 0 Å². The second kappa shape index (κ2) is 13.6. The minimum atomic E-state index is -0.686. The number of esters is 1. The number of thiazole rings is 2. The van der Waals surface area contributed by atoms with Crippen molar-refractivity contribution < 1.29 is 28.6 Å². The van der Waals surface area contributed by atoms with E-state index >= 15 is 0 Å². The first-order chi connectivity index (χ1) is 20.8. The van der Waals surface area contributed by atoms with E-state index < -0.39 is 24.0 Å². The lowest BCUT2D eigenvalue weighted by Gasteiger charge is -2.05. The zero-order valence-corrected chi connectivity index (χ0v) is 25.1. The Labute approximate surface area is 255 Å². The number of H-pyrrole nitrogens is 1. The second-order valence-corrected chi connectivity index (χ2v) is 11.7. The highest BCUT2D eigenvalue weighted by Crippen LogP contribution is 2.30. The fourth-order valence-electron chi connectivity index (χ4n) is 3.63. The summed E-state index contributed by atoms with van der Waals surface area (Å²) < 4.78 is 17.1. The minimum Gasteiger partial charge on any atom is -0.497 e. The number of thioether (sulfide) groups is 1. The lowest BCUT2D eigenvalue weighted by molar-refractivity contribution is -0.147. The summed E-state index contributed by atoms with van der Waals surface area (Å²) >= 11 is 3.56. The van der Waals surface area contributed by atoms with E-state index in [-0.39, 0.29) is 35.4 Å². The molecule has 2 aromatic carbocycles. The molecule has 14 nitrogen and oxygen atoms in total. The first-order valence-electron chi connectivity index (χ1n) is 12.5. The summed E-state index contributed by atoms with van der Waals surface area (Å²) in [5, 5.41) is 14.0. The summed E-state index contributed by atoms with van der Waals surface area (Å²) in [6.45, 7) is -0.511. The van der Waals surface area contributed by atoms with Crippen LogP contribution in [0.3, 0.4) is 0 Å². The number of methoxy groups -OCH3 is 2. The number of nitrogens with one attached hydrogen (secondary N) is 3. The molecule has 0 saturated carbocycles. The first-order valence-corrected chi connectivity index (χ1v) is 15.1. The molecule has 5 aromatic rings. The summed E-state index contributed by atoms with van der Waals surface area (Å²) in [4.78, 5) is 60.3. The number of anilines is 2.